The van der Waals surface area contributed by atoms with Crippen molar-refractivity contribution in [2.45, 2.75) is 20.8 Å². The van der Waals surface area contributed by atoms with Crippen molar-refractivity contribution < 1.29 is 14.3 Å². The smallest absolute Gasteiger partial charge is 0.239 e. The highest BCUT2D eigenvalue weighted by Gasteiger charge is 2.36. The Kier molecular flexibility index (Phi) is 5.69. The highest BCUT2D eigenvalue weighted by molar-refractivity contribution is 6.32. The normalized spacial score (nSPS) is 10.9. The maximum absolute atomic E-state index is 12.6. The Balaban J connectivity index is 2.12. The van der Waals surface area contributed by atoms with Crippen LogP contribution in [0.3, 0.4) is 0 Å². The van der Waals surface area contributed by atoms with E-state index in [1.165, 1.54) is 7.11 Å². The number of methoxy groups -OCH3 is 1. The molecule has 2 aromatic carbocycles. The Hall–Kier alpha value is -2.53. The van der Waals surface area contributed by atoms with Gasteiger partial charge in [-0.1, -0.05) is 29.8 Å². The summed E-state index contributed by atoms with van der Waals surface area (Å²) in [6.45, 7) is 5.03. The summed E-state index contributed by atoms with van der Waals surface area (Å²) in [7, 11) is 1.51. The summed E-state index contributed by atoms with van der Waals surface area (Å²) in [6, 6.07) is 12.3. The zero-order valence-electron chi connectivity index (χ0n) is 14.6. The van der Waals surface area contributed by atoms with Crippen LogP contribution < -0.4 is 15.4 Å². The van der Waals surface area contributed by atoms with Crippen LogP contribution in [-0.2, 0) is 9.59 Å². The average molecular weight is 361 g/mol. The lowest BCUT2D eigenvalue weighted by Gasteiger charge is -2.23. The number of carbonyl (C=O) groups excluding carboxylic acids is 2. The predicted octanol–water partition coefficient (Wildman–Crippen LogP) is 4.26. The summed E-state index contributed by atoms with van der Waals surface area (Å²) in [5, 5.41) is 5.89. The Bertz CT molecular complexity index is 803. The van der Waals surface area contributed by atoms with Gasteiger partial charge in [-0.25, -0.2) is 0 Å². The van der Waals surface area contributed by atoms with E-state index in [1.54, 1.807) is 38.1 Å². The lowest BCUT2D eigenvalue weighted by molar-refractivity contribution is -0.135. The Labute approximate surface area is 152 Å². The van der Waals surface area contributed by atoms with Gasteiger partial charge in [0.1, 0.15) is 11.2 Å². The van der Waals surface area contributed by atoms with Crippen molar-refractivity contribution >= 4 is 34.8 Å². The third kappa shape index (κ3) is 4.31. The van der Waals surface area contributed by atoms with Crippen molar-refractivity contribution in [2.75, 3.05) is 17.7 Å². The number of halogens is 1. The van der Waals surface area contributed by atoms with Gasteiger partial charge in [0.2, 0.25) is 11.8 Å². The molecule has 0 aromatic heterocycles. The summed E-state index contributed by atoms with van der Waals surface area (Å²) in [5.41, 5.74) is 0.830. The van der Waals surface area contributed by atoms with E-state index in [2.05, 4.69) is 10.6 Å². The van der Waals surface area contributed by atoms with E-state index < -0.39 is 11.3 Å². The number of aryl methyl sites for hydroxylation is 1. The van der Waals surface area contributed by atoms with Crippen molar-refractivity contribution in [2.24, 2.45) is 5.41 Å². The molecule has 0 bridgehead atoms. The zero-order valence-corrected chi connectivity index (χ0v) is 15.4. The third-order valence-electron chi connectivity index (χ3n) is 3.94. The number of hydrogen-bond acceptors (Lipinski definition) is 3. The fourth-order valence-electron chi connectivity index (χ4n) is 2.13. The molecule has 0 radical (unpaired) electrons. The molecular weight excluding hydrogens is 340 g/mol. The van der Waals surface area contributed by atoms with Crippen LogP contribution in [0.5, 0.6) is 5.75 Å². The molecule has 0 saturated heterocycles. The number of hydrogen-bond donors (Lipinski definition) is 2. The van der Waals surface area contributed by atoms with E-state index in [-0.39, 0.29) is 5.91 Å². The van der Waals surface area contributed by atoms with Crippen LogP contribution in [0.4, 0.5) is 11.4 Å². The predicted molar refractivity (Wildman–Crippen MR) is 100 cm³/mol. The Morgan fingerprint density at radius 2 is 1.68 bits per heavy atom. The minimum Gasteiger partial charge on any atom is -0.495 e. The van der Waals surface area contributed by atoms with Crippen molar-refractivity contribution in [3.8, 4) is 5.75 Å². The maximum atomic E-state index is 12.6. The highest BCUT2D eigenvalue weighted by Crippen LogP contribution is 2.29. The fourth-order valence-corrected chi connectivity index (χ4v) is 2.38. The van der Waals surface area contributed by atoms with E-state index in [4.69, 9.17) is 16.3 Å². The number of nitrogens with one attached hydrogen (secondary N) is 2. The first-order valence-corrected chi connectivity index (χ1v) is 8.15. The van der Waals surface area contributed by atoms with Gasteiger partial charge in [-0.05, 0) is 50.6 Å². The zero-order chi connectivity index (χ0) is 18.6. The van der Waals surface area contributed by atoms with Crippen LogP contribution in [0.2, 0.25) is 5.02 Å². The second-order valence-electron chi connectivity index (χ2n) is 6.20. The molecule has 2 aromatic rings. The molecule has 132 valence electrons. The number of carbonyl (C=O) groups is 2. The summed E-state index contributed by atoms with van der Waals surface area (Å²) in [5.74, 6) is -0.310. The molecule has 0 heterocycles. The minimum absolute atomic E-state index is 0.377. The number of amides is 2. The molecular formula is C19H21ClN2O3. The van der Waals surface area contributed by atoms with Crippen LogP contribution >= 0.6 is 11.6 Å². The number of para-hydroxylation sites is 1. The average Bonchev–Trinajstić information content (AvgIpc) is 2.57. The van der Waals surface area contributed by atoms with Gasteiger partial charge in [-0.15, -0.1) is 0 Å². The lowest BCUT2D eigenvalue weighted by atomic mass is 9.90. The number of benzene rings is 2. The minimum atomic E-state index is -1.27. The topological polar surface area (TPSA) is 67.4 Å². The van der Waals surface area contributed by atoms with E-state index in [0.717, 1.165) is 5.56 Å². The summed E-state index contributed by atoms with van der Waals surface area (Å²) in [6.07, 6.45) is 0. The van der Waals surface area contributed by atoms with Gasteiger partial charge in [0, 0.05) is 11.4 Å². The molecule has 0 aliphatic heterocycles. The van der Waals surface area contributed by atoms with E-state index in [1.807, 2.05) is 25.1 Å². The fraction of sp³-hybridized carbons (Fsp3) is 0.263. The molecule has 2 amide bonds. The number of ether oxygens (including phenoxy) is 1. The lowest BCUT2D eigenvalue weighted by Crippen LogP contribution is -2.41. The van der Waals surface area contributed by atoms with Crippen LogP contribution in [0, 0.1) is 12.3 Å². The van der Waals surface area contributed by atoms with Crippen LogP contribution in [0.25, 0.3) is 0 Å². The second-order valence-corrected chi connectivity index (χ2v) is 6.60. The number of anilines is 2. The van der Waals surface area contributed by atoms with Gasteiger partial charge in [-0.2, -0.15) is 0 Å². The van der Waals surface area contributed by atoms with Gasteiger partial charge in [-0.3, -0.25) is 9.59 Å². The molecule has 2 rings (SSSR count). The number of rotatable bonds is 5. The molecule has 0 atom stereocenters. The first-order chi connectivity index (χ1) is 11.8. The van der Waals surface area contributed by atoms with Gasteiger partial charge in [0.15, 0.2) is 0 Å². The van der Waals surface area contributed by atoms with E-state index in [9.17, 15) is 9.59 Å². The molecule has 0 aliphatic rings. The molecule has 0 fully saturated rings. The quantitative estimate of drug-likeness (QED) is 0.783. The molecule has 25 heavy (non-hydrogen) atoms. The third-order valence-corrected chi connectivity index (χ3v) is 4.23. The summed E-state index contributed by atoms with van der Waals surface area (Å²) in [4.78, 5) is 25.1. The first-order valence-electron chi connectivity index (χ1n) is 7.77. The second kappa shape index (κ2) is 7.57. The Morgan fingerprint density at radius 3 is 2.28 bits per heavy atom. The van der Waals surface area contributed by atoms with Crippen LogP contribution in [0.1, 0.15) is 19.4 Å². The standard InChI is InChI=1S/C19H21ClN2O3/c1-12-7-5-6-8-15(12)22-18(24)19(2,3)17(23)21-13-9-10-16(25-4)14(20)11-13/h5-11H,1-4H3,(H,21,23)(H,22,24). The largest absolute Gasteiger partial charge is 0.495 e. The van der Waals surface area contributed by atoms with Crippen LogP contribution in [-0.4, -0.2) is 18.9 Å². The van der Waals surface area contributed by atoms with Crippen LogP contribution in [0.15, 0.2) is 42.5 Å². The monoisotopic (exact) mass is 360 g/mol. The maximum Gasteiger partial charge on any atom is 0.239 e. The molecule has 6 heteroatoms. The van der Waals surface area contributed by atoms with Crippen molar-refractivity contribution in [1.82, 2.24) is 0 Å². The molecule has 0 unspecified atom stereocenters. The molecule has 2 N–H and O–H groups in total. The summed E-state index contributed by atoms with van der Waals surface area (Å²) >= 11 is 6.06. The molecule has 0 saturated carbocycles. The van der Waals surface area contributed by atoms with E-state index >= 15 is 0 Å². The van der Waals surface area contributed by atoms with Gasteiger partial charge in [0.25, 0.3) is 0 Å². The molecule has 0 spiro atoms. The van der Waals surface area contributed by atoms with Gasteiger partial charge in [0.05, 0.1) is 12.1 Å². The Morgan fingerprint density at radius 1 is 1.04 bits per heavy atom. The molecule has 0 aliphatic carbocycles. The SMILES string of the molecule is COc1ccc(NC(=O)C(C)(C)C(=O)Nc2ccccc2C)cc1Cl. The molecule has 5 nitrogen and oxygen atoms in total. The van der Waals surface area contributed by atoms with Gasteiger partial charge >= 0.3 is 0 Å². The van der Waals surface area contributed by atoms with Crippen molar-refractivity contribution in [3.63, 3.8) is 0 Å². The van der Waals surface area contributed by atoms with Gasteiger partial charge < -0.3 is 15.4 Å². The first kappa shape index (κ1) is 18.8. The van der Waals surface area contributed by atoms with Crippen molar-refractivity contribution in [1.29, 1.82) is 0 Å². The van der Waals surface area contributed by atoms with E-state index in [0.29, 0.717) is 22.1 Å². The summed E-state index contributed by atoms with van der Waals surface area (Å²) < 4.78 is 5.08. The highest BCUT2D eigenvalue weighted by atomic mass is 35.5. The van der Waals surface area contributed by atoms with Crippen molar-refractivity contribution in [3.05, 3.63) is 53.1 Å².